The molecule has 1 aliphatic rings. The van der Waals surface area contributed by atoms with Gasteiger partial charge in [0.25, 0.3) is 0 Å². The van der Waals surface area contributed by atoms with Crippen LogP contribution in [0.25, 0.3) is 0 Å². The second-order valence-electron chi connectivity index (χ2n) is 3.69. The third-order valence-corrected chi connectivity index (χ3v) is 1.93. The Morgan fingerprint density at radius 3 is 2.69 bits per heavy atom. The molecule has 0 spiro atoms. The van der Waals surface area contributed by atoms with Crippen molar-refractivity contribution in [2.75, 3.05) is 6.61 Å². The van der Waals surface area contributed by atoms with Gasteiger partial charge in [-0.3, -0.25) is 9.59 Å². The van der Waals surface area contributed by atoms with Crippen LogP contribution in [0.3, 0.4) is 0 Å². The third kappa shape index (κ3) is 2.20. The Morgan fingerprint density at radius 2 is 2.31 bits per heavy atom. The fourth-order valence-corrected chi connectivity index (χ4v) is 1.38. The van der Waals surface area contributed by atoms with Crippen molar-refractivity contribution in [3.05, 3.63) is 0 Å². The first-order valence-corrected chi connectivity index (χ1v) is 4.36. The summed E-state index contributed by atoms with van der Waals surface area (Å²) in [5.41, 5.74) is -0.533. The number of hydrogen-bond acceptors (Lipinski definition) is 4. The van der Waals surface area contributed by atoms with Crippen LogP contribution in [0.15, 0.2) is 0 Å². The molecule has 0 saturated carbocycles. The van der Waals surface area contributed by atoms with Crippen LogP contribution in [0.2, 0.25) is 0 Å². The van der Waals surface area contributed by atoms with E-state index in [1.54, 1.807) is 20.8 Å². The van der Waals surface area contributed by atoms with Crippen LogP contribution in [-0.4, -0.2) is 24.1 Å². The van der Waals surface area contributed by atoms with Crippen LogP contribution < -0.4 is 0 Å². The fraction of sp³-hybridized carbons (Fsp3) is 0.778. The van der Waals surface area contributed by atoms with Crippen LogP contribution in [0, 0.1) is 5.92 Å². The van der Waals surface area contributed by atoms with E-state index in [1.165, 1.54) is 0 Å². The van der Waals surface area contributed by atoms with Crippen molar-refractivity contribution in [3.8, 4) is 0 Å². The molecule has 0 radical (unpaired) electrons. The number of hydrogen-bond donors (Lipinski definition) is 0. The molecule has 0 N–H and O–H groups in total. The molecule has 13 heavy (non-hydrogen) atoms. The number of carbonyl (C=O) groups excluding carboxylic acids is 2. The number of rotatable bonds is 2. The lowest BCUT2D eigenvalue weighted by atomic mass is 9.98. The molecule has 0 aromatic rings. The highest BCUT2D eigenvalue weighted by Crippen LogP contribution is 2.30. The zero-order valence-corrected chi connectivity index (χ0v) is 8.12. The average Bonchev–Trinajstić information content (AvgIpc) is 2.25. The molecule has 1 heterocycles. The minimum atomic E-state index is -0.727. The molecule has 0 amide bonds. The molecule has 74 valence electrons. The Kier molecular flexibility index (Phi) is 2.59. The van der Waals surface area contributed by atoms with E-state index >= 15 is 0 Å². The van der Waals surface area contributed by atoms with Gasteiger partial charge < -0.3 is 9.47 Å². The van der Waals surface area contributed by atoms with Crippen molar-refractivity contribution >= 4 is 11.9 Å². The van der Waals surface area contributed by atoms with E-state index in [4.69, 9.17) is 9.47 Å². The van der Waals surface area contributed by atoms with E-state index in [0.717, 1.165) is 0 Å². The van der Waals surface area contributed by atoms with Gasteiger partial charge in [0.05, 0.1) is 6.61 Å². The summed E-state index contributed by atoms with van der Waals surface area (Å²) in [4.78, 5) is 22.4. The number of carbonyl (C=O) groups is 2. The summed E-state index contributed by atoms with van der Waals surface area (Å²) in [6.07, 6.45) is 0.407. The Morgan fingerprint density at radius 1 is 1.69 bits per heavy atom. The van der Waals surface area contributed by atoms with E-state index in [2.05, 4.69) is 0 Å². The van der Waals surface area contributed by atoms with E-state index in [-0.39, 0.29) is 0 Å². The summed E-state index contributed by atoms with van der Waals surface area (Å²) in [6.45, 7) is 5.57. The lowest BCUT2D eigenvalue weighted by Gasteiger charge is -2.14. The van der Waals surface area contributed by atoms with Gasteiger partial charge in [-0.2, -0.15) is 0 Å². The maximum atomic E-state index is 11.2. The highest BCUT2D eigenvalue weighted by molar-refractivity contribution is 5.96. The number of cyclic esters (lactones) is 1. The Hall–Kier alpha value is -1.06. The van der Waals surface area contributed by atoms with Gasteiger partial charge >= 0.3 is 11.9 Å². The quantitative estimate of drug-likeness (QED) is 0.474. The predicted octanol–water partition coefficient (Wildman–Crippen LogP) is 0.891. The summed E-state index contributed by atoms with van der Waals surface area (Å²) in [7, 11) is 0. The fourth-order valence-electron chi connectivity index (χ4n) is 1.38. The molecule has 1 unspecified atom stereocenters. The third-order valence-electron chi connectivity index (χ3n) is 1.93. The second-order valence-corrected chi connectivity index (χ2v) is 3.69. The van der Waals surface area contributed by atoms with Crippen LogP contribution in [0.5, 0.6) is 0 Å². The molecule has 4 nitrogen and oxygen atoms in total. The van der Waals surface area contributed by atoms with Gasteiger partial charge in [-0.05, 0) is 20.8 Å². The van der Waals surface area contributed by atoms with Gasteiger partial charge in [0.2, 0.25) is 0 Å². The summed E-state index contributed by atoms with van der Waals surface area (Å²) in [6, 6.07) is 0. The van der Waals surface area contributed by atoms with Gasteiger partial charge in [0, 0.05) is 6.42 Å². The van der Waals surface area contributed by atoms with Crippen molar-refractivity contribution in [1.29, 1.82) is 0 Å². The molecule has 0 aliphatic carbocycles. The minimum Gasteiger partial charge on any atom is -0.465 e. The molecule has 4 heteroatoms. The van der Waals surface area contributed by atoms with Gasteiger partial charge in [-0.15, -0.1) is 0 Å². The number of esters is 2. The van der Waals surface area contributed by atoms with Crippen molar-refractivity contribution in [2.45, 2.75) is 32.8 Å². The molecule has 1 atom stereocenters. The molecule has 1 fully saturated rings. The molecule has 0 aromatic heterocycles. The largest absolute Gasteiger partial charge is 0.465 e. The molecular weight excluding hydrogens is 172 g/mol. The topological polar surface area (TPSA) is 52.6 Å². The lowest BCUT2D eigenvalue weighted by molar-refractivity contribution is -0.157. The van der Waals surface area contributed by atoms with Gasteiger partial charge in [-0.25, -0.2) is 0 Å². The van der Waals surface area contributed by atoms with Gasteiger partial charge in [0.1, 0.15) is 5.60 Å². The Bertz CT molecular complexity index is 232. The standard InChI is InChI=1S/C9H14O4/c1-4-12-7(10)6-5-9(2,3)13-8(6)11/h6H,4-5H2,1-3H3. The van der Waals surface area contributed by atoms with Crippen molar-refractivity contribution in [3.63, 3.8) is 0 Å². The molecule has 1 rings (SSSR count). The maximum Gasteiger partial charge on any atom is 0.321 e. The zero-order valence-electron chi connectivity index (χ0n) is 8.12. The Balaban J connectivity index is 2.63. The van der Waals surface area contributed by atoms with Crippen molar-refractivity contribution < 1.29 is 19.1 Å². The van der Waals surface area contributed by atoms with E-state index in [9.17, 15) is 9.59 Å². The smallest absolute Gasteiger partial charge is 0.321 e. The first kappa shape index (κ1) is 10.0. The highest BCUT2D eigenvalue weighted by Gasteiger charge is 2.44. The normalized spacial score (nSPS) is 25.5. The van der Waals surface area contributed by atoms with Crippen LogP contribution in [0.4, 0.5) is 0 Å². The van der Waals surface area contributed by atoms with E-state index in [0.29, 0.717) is 13.0 Å². The SMILES string of the molecule is CCOC(=O)C1CC(C)(C)OC1=O. The van der Waals surface area contributed by atoms with E-state index in [1.807, 2.05) is 0 Å². The molecule has 1 saturated heterocycles. The van der Waals surface area contributed by atoms with Crippen molar-refractivity contribution in [1.82, 2.24) is 0 Å². The summed E-state index contributed by atoms with van der Waals surface area (Å²) >= 11 is 0. The van der Waals surface area contributed by atoms with Gasteiger partial charge in [-0.1, -0.05) is 0 Å². The zero-order chi connectivity index (χ0) is 10.1. The lowest BCUT2D eigenvalue weighted by Crippen LogP contribution is -2.22. The predicted molar refractivity (Wildman–Crippen MR) is 44.9 cm³/mol. The molecular formula is C9H14O4. The highest BCUT2D eigenvalue weighted by atomic mass is 16.6. The molecule has 0 bridgehead atoms. The summed E-state index contributed by atoms with van der Waals surface area (Å²) in [5.74, 6) is -1.67. The van der Waals surface area contributed by atoms with Crippen molar-refractivity contribution in [2.24, 2.45) is 5.92 Å². The van der Waals surface area contributed by atoms with E-state index < -0.39 is 23.5 Å². The van der Waals surface area contributed by atoms with Crippen LogP contribution in [0.1, 0.15) is 27.2 Å². The summed E-state index contributed by atoms with van der Waals surface area (Å²) in [5, 5.41) is 0. The second kappa shape index (κ2) is 3.36. The number of ether oxygens (including phenoxy) is 2. The Labute approximate surface area is 77.2 Å². The molecule has 0 aromatic carbocycles. The average molecular weight is 186 g/mol. The maximum absolute atomic E-state index is 11.2. The monoisotopic (exact) mass is 186 g/mol. The first-order chi connectivity index (χ1) is 5.96. The van der Waals surface area contributed by atoms with Crippen LogP contribution >= 0.6 is 0 Å². The van der Waals surface area contributed by atoms with Crippen LogP contribution in [-0.2, 0) is 19.1 Å². The van der Waals surface area contributed by atoms with Gasteiger partial charge in [0.15, 0.2) is 5.92 Å². The minimum absolute atomic E-state index is 0.295. The molecule has 1 aliphatic heterocycles. The first-order valence-electron chi connectivity index (χ1n) is 4.36. The summed E-state index contributed by atoms with van der Waals surface area (Å²) < 4.78 is 9.74.